The number of rotatable bonds is 53. The highest BCUT2D eigenvalue weighted by Gasteiger charge is 2.18. The highest BCUT2D eigenvalue weighted by Crippen LogP contribution is 2.17. The first kappa shape index (κ1) is 62.4. The highest BCUT2D eigenvalue weighted by atomic mass is 16.3. The van der Waals surface area contributed by atoms with Crippen LogP contribution in [0.2, 0.25) is 0 Å². The average Bonchev–Trinajstić information content (AvgIpc) is 3.30. The van der Waals surface area contributed by atoms with E-state index in [-0.39, 0.29) is 12.5 Å². The molecule has 4 heteroatoms. The lowest BCUT2D eigenvalue weighted by atomic mass is 10.0. The van der Waals surface area contributed by atoms with Gasteiger partial charge in [0.25, 0.3) is 0 Å². The zero-order chi connectivity index (χ0) is 46.3. The van der Waals surface area contributed by atoms with Gasteiger partial charge in [-0.1, -0.05) is 287 Å². The van der Waals surface area contributed by atoms with Gasteiger partial charge in [0, 0.05) is 6.42 Å². The molecule has 2 atom stereocenters. The molecule has 0 bridgehead atoms. The van der Waals surface area contributed by atoms with Crippen molar-refractivity contribution in [3.8, 4) is 0 Å². The fourth-order valence-electron chi connectivity index (χ4n) is 8.87. The van der Waals surface area contributed by atoms with Crippen LogP contribution in [0.15, 0.2) is 48.6 Å². The minimum atomic E-state index is -0.862. The van der Waals surface area contributed by atoms with Gasteiger partial charge >= 0.3 is 0 Å². The highest BCUT2D eigenvalue weighted by molar-refractivity contribution is 5.76. The molecular weight excluding hydrogens is 783 g/mol. The van der Waals surface area contributed by atoms with Crippen LogP contribution >= 0.6 is 0 Å². The van der Waals surface area contributed by atoms with Gasteiger partial charge in [0.1, 0.15) is 0 Å². The molecule has 0 fully saturated rings. The Morgan fingerprint density at radius 1 is 0.375 bits per heavy atom. The Morgan fingerprint density at radius 2 is 0.656 bits per heavy atom. The number of hydrogen-bond donors (Lipinski definition) is 3. The summed E-state index contributed by atoms with van der Waals surface area (Å²) < 4.78 is 0. The summed E-state index contributed by atoms with van der Waals surface area (Å²) in [5.74, 6) is -0.0702. The normalized spacial score (nSPS) is 13.1. The van der Waals surface area contributed by atoms with Crippen molar-refractivity contribution < 1.29 is 15.0 Å². The van der Waals surface area contributed by atoms with E-state index in [1.807, 2.05) is 6.08 Å². The Morgan fingerprint density at radius 3 is 1.00 bits per heavy atom. The van der Waals surface area contributed by atoms with Crippen molar-refractivity contribution in [1.29, 1.82) is 0 Å². The smallest absolute Gasteiger partial charge is 0.220 e. The second-order valence-electron chi connectivity index (χ2n) is 19.7. The maximum atomic E-state index is 12.5. The molecule has 3 N–H and O–H groups in total. The number of aliphatic hydroxyl groups excluding tert-OH is 2. The summed E-state index contributed by atoms with van der Waals surface area (Å²) in [7, 11) is 0. The second kappa shape index (κ2) is 55.7. The van der Waals surface area contributed by atoms with E-state index >= 15 is 0 Å². The number of nitrogens with one attached hydrogen (secondary N) is 1. The minimum absolute atomic E-state index is 0.0702. The Hall–Kier alpha value is -1.65. The van der Waals surface area contributed by atoms with Crippen molar-refractivity contribution in [2.24, 2.45) is 0 Å². The Labute approximate surface area is 401 Å². The summed E-state index contributed by atoms with van der Waals surface area (Å²) >= 11 is 0. The molecule has 0 aromatic carbocycles. The van der Waals surface area contributed by atoms with Crippen molar-refractivity contribution >= 4 is 5.91 Å². The number of unbranched alkanes of at least 4 members (excludes halogenated alkanes) is 40. The molecule has 2 unspecified atom stereocenters. The molecule has 0 rings (SSSR count). The van der Waals surface area contributed by atoms with Gasteiger partial charge in [-0.15, -0.1) is 0 Å². The zero-order valence-corrected chi connectivity index (χ0v) is 43.3. The first-order valence-electron chi connectivity index (χ1n) is 28.9. The molecule has 0 aliphatic heterocycles. The summed E-state index contributed by atoms with van der Waals surface area (Å²) in [6.45, 7) is 4.32. The number of carbonyl (C=O) groups excluding carboxylic acids is 1. The van der Waals surface area contributed by atoms with Crippen LogP contribution in [0.5, 0.6) is 0 Å². The first-order chi connectivity index (χ1) is 31.7. The molecule has 4 nitrogen and oxygen atoms in total. The van der Waals surface area contributed by atoms with Crippen LogP contribution in [0.4, 0.5) is 0 Å². The third-order valence-corrected chi connectivity index (χ3v) is 13.3. The molecule has 376 valence electrons. The maximum absolute atomic E-state index is 12.5. The van der Waals surface area contributed by atoms with Gasteiger partial charge in [0.2, 0.25) is 5.91 Å². The molecule has 1 amide bonds. The predicted molar refractivity (Wildman–Crippen MR) is 285 cm³/mol. The van der Waals surface area contributed by atoms with Gasteiger partial charge in [-0.3, -0.25) is 4.79 Å². The topological polar surface area (TPSA) is 69.6 Å². The number of hydrogen-bond acceptors (Lipinski definition) is 3. The molecule has 0 aromatic rings. The number of allylic oxidation sites excluding steroid dienone is 7. The van der Waals surface area contributed by atoms with E-state index in [1.165, 1.54) is 250 Å². The SMILES string of the molecule is CCCCCCCCCCC/C=C\C/C=C\CCCCCCCCCCCCCCCCCCCC(=O)NC(CO)C(O)/C=C/CC/C=C/CCCCCCCCCCCCCCC. The Kier molecular flexibility index (Phi) is 54.2. The molecule has 0 radical (unpaired) electrons. The summed E-state index contributed by atoms with van der Waals surface area (Å²) in [6, 6.07) is -0.639. The molecule has 0 heterocycles. The molecule has 0 spiro atoms. The average molecular weight is 897 g/mol. The Balaban J connectivity index is 3.48. The first-order valence-corrected chi connectivity index (χ1v) is 28.9. The third-order valence-electron chi connectivity index (χ3n) is 13.3. The lowest BCUT2D eigenvalue weighted by molar-refractivity contribution is -0.123. The molecule has 64 heavy (non-hydrogen) atoms. The quantitative estimate of drug-likeness (QED) is 0.0421. The van der Waals surface area contributed by atoms with Gasteiger partial charge in [-0.2, -0.15) is 0 Å². The summed E-state index contributed by atoms with van der Waals surface area (Å²) in [6.07, 6.45) is 77.1. The van der Waals surface area contributed by atoms with Crippen molar-refractivity contribution in [3.05, 3.63) is 48.6 Å². The van der Waals surface area contributed by atoms with E-state index in [0.717, 1.165) is 38.5 Å². The second-order valence-corrected chi connectivity index (χ2v) is 19.7. The van der Waals surface area contributed by atoms with Gasteiger partial charge in [-0.05, 0) is 64.2 Å². The van der Waals surface area contributed by atoms with Crippen LogP contribution < -0.4 is 5.32 Å². The lowest BCUT2D eigenvalue weighted by Crippen LogP contribution is -2.45. The van der Waals surface area contributed by atoms with Crippen LogP contribution in [0.25, 0.3) is 0 Å². The van der Waals surface area contributed by atoms with Gasteiger partial charge in [0.05, 0.1) is 18.8 Å². The summed E-state index contributed by atoms with van der Waals surface area (Å²) in [5.41, 5.74) is 0. The molecule has 0 aliphatic carbocycles. The summed E-state index contributed by atoms with van der Waals surface area (Å²) in [4.78, 5) is 12.5. The third kappa shape index (κ3) is 51.3. The molecule has 0 aliphatic rings. The van der Waals surface area contributed by atoms with Crippen molar-refractivity contribution in [2.75, 3.05) is 6.61 Å². The number of aliphatic hydroxyl groups is 2. The fraction of sp³-hybridized carbons (Fsp3) is 0.850. The van der Waals surface area contributed by atoms with Crippen LogP contribution in [0, 0.1) is 0 Å². The lowest BCUT2D eigenvalue weighted by Gasteiger charge is -2.19. The molecule has 0 saturated carbocycles. The fourth-order valence-corrected chi connectivity index (χ4v) is 8.87. The molecule has 0 saturated heterocycles. The standard InChI is InChI=1S/C60H113NO3/c1-3-5-7-9-11-13-15-17-19-21-23-24-25-26-27-28-29-30-31-32-33-34-35-36-38-40-42-44-46-48-50-52-54-56-60(64)61-58(57-62)59(63)55-53-51-49-47-45-43-41-39-37-22-20-18-16-14-12-10-8-6-4-2/h23-24,26-27,45,47,53,55,58-59,62-63H,3-22,25,28-44,46,48-52,54,56-57H2,1-2H3,(H,61,64)/b24-23-,27-26-,47-45+,55-53+. The van der Waals surface area contributed by atoms with Gasteiger partial charge < -0.3 is 15.5 Å². The number of carbonyl (C=O) groups is 1. The molecular formula is C60H113NO3. The number of amides is 1. The summed E-state index contributed by atoms with van der Waals surface area (Å²) in [5, 5.41) is 23.1. The van der Waals surface area contributed by atoms with E-state index in [1.54, 1.807) is 6.08 Å². The van der Waals surface area contributed by atoms with E-state index in [4.69, 9.17) is 0 Å². The minimum Gasteiger partial charge on any atom is -0.394 e. The monoisotopic (exact) mass is 896 g/mol. The van der Waals surface area contributed by atoms with Crippen molar-refractivity contribution in [2.45, 2.75) is 321 Å². The molecule has 0 aromatic heterocycles. The van der Waals surface area contributed by atoms with E-state index < -0.39 is 12.1 Å². The van der Waals surface area contributed by atoms with E-state index in [2.05, 4.69) is 55.6 Å². The van der Waals surface area contributed by atoms with Gasteiger partial charge in [-0.25, -0.2) is 0 Å². The van der Waals surface area contributed by atoms with E-state index in [9.17, 15) is 15.0 Å². The van der Waals surface area contributed by atoms with Crippen LogP contribution in [0.1, 0.15) is 309 Å². The van der Waals surface area contributed by atoms with Crippen molar-refractivity contribution in [1.82, 2.24) is 5.32 Å². The van der Waals surface area contributed by atoms with Crippen LogP contribution in [-0.2, 0) is 4.79 Å². The maximum Gasteiger partial charge on any atom is 0.220 e. The van der Waals surface area contributed by atoms with Crippen LogP contribution in [-0.4, -0.2) is 34.9 Å². The van der Waals surface area contributed by atoms with Crippen LogP contribution in [0.3, 0.4) is 0 Å². The van der Waals surface area contributed by atoms with E-state index in [0.29, 0.717) is 6.42 Å². The zero-order valence-electron chi connectivity index (χ0n) is 43.3. The van der Waals surface area contributed by atoms with Crippen molar-refractivity contribution in [3.63, 3.8) is 0 Å². The van der Waals surface area contributed by atoms with Gasteiger partial charge in [0.15, 0.2) is 0 Å². The predicted octanol–water partition coefficient (Wildman–Crippen LogP) is 19.0. The Bertz CT molecular complexity index is 1020. The largest absolute Gasteiger partial charge is 0.394 e.